The summed E-state index contributed by atoms with van der Waals surface area (Å²) in [5, 5.41) is 8.59. The van der Waals surface area contributed by atoms with E-state index in [1.54, 1.807) is 12.1 Å². The molecule has 3 heteroatoms. The van der Waals surface area contributed by atoms with Crippen molar-refractivity contribution >= 4 is 5.78 Å². The van der Waals surface area contributed by atoms with Gasteiger partial charge in [-0.25, -0.2) is 0 Å². The van der Waals surface area contributed by atoms with Crippen LogP contribution < -0.4 is 0 Å². The van der Waals surface area contributed by atoms with Crippen molar-refractivity contribution in [3.05, 3.63) is 35.4 Å². The summed E-state index contributed by atoms with van der Waals surface area (Å²) in [5.41, 5.74) is 1.58. The van der Waals surface area contributed by atoms with E-state index in [0.717, 1.165) is 5.56 Å². The highest BCUT2D eigenvalue weighted by atomic mass is 16.6. The van der Waals surface area contributed by atoms with E-state index >= 15 is 0 Å². The number of nitriles is 1. The summed E-state index contributed by atoms with van der Waals surface area (Å²) in [4.78, 5) is 10.9. The smallest absolute Gasteiger partial charge is 0.161 e. The van der Waals surface area contributed by atoms with Crippen LogP contribution in [0.3, 0.4) is 0 Å². The van der Waals surface area contributed by atoms with E-state index in [1.165, 1.54) is 6.92 Å². The predicted octanol–water partition coefficient (Wildman–Crippen LogP) is 1.59. The van der Waals surface area contributed by atoms with E-state index in [9.17, 15) is 4.79 Å². The fourth-order valence-electron chi connectivity index (χ4n) is 1.42. The van der Waals surface area contributed by atoms with Gasteiger partial charge in [0.1, 0.15) is 12.2 Å². The van der Waals surface area contributed by atoms with Gasteiger partial charge in [0.2, 0.25) is 0 Å². The van der Waals surface area contributed by atoms with E-state index in [4.69, 9.17) is 10.00 Å². The molecule has 3 nitrogen and oxygen atoms in total. The van der Waals surface area contributed by atoms with Crippen LogP contribution in [0.4, 0.5) is 0 Å². The molecule has 1 aliphatic heterocycles. The molecule has 0 saturated carbocycles. The maximum atomic E-state index is 10.9. The highest BCUT2D eigenvalue weighted by Crippen LogP contribution is 2.38. The standard InChI is InChI=1S/C11H9NO2/c1-7(13)10-11(14-10)9-4-2-8(6-12)3-5-9/h2-5,10-11H,1H3/t10-,11-/m0/s1. The number of ketones is 1. The maximum Gasteiger partial charge on any atom is 0.161 e. The molecule has 0 unspecified atom stereocenters. The monoisotopic (exact) mass is 187 g/mol. The molecule has 2 atom stereocenters. The lowest BCUT2D eigenvalue weighted by molar-refractivity contribution is -0.118. The van der Waals surface area contributed by atoms with E-state index in [-0.39, 0.29) is 18.0 Å². The van der Waals surface area contributed by atoms with Crippen LogP contribution in [0.5, 0.6) is 0 Å². The summed E-state index contributed by atoms with van der Waals surface area (Å²) in [6.07, 6.45) is -0.372. The molecule has 0 radical (unpaired) electrons. The van der Waals surface area contributed by atoms with Gasteiger partial charge >= 0.3 is 0 Å². The second-order valence-electron chi connectivity index (χ2n) is 3.32. The molecule has 0 aromatic heterocycles. The minimum atomic E-state index is -0.275. The van der Waals surface area contributed by atoms with E-state index in [0.29, 0.717) is 5.56 Å². The molecule has 1 saturated heterocycles. The summed E-state index contributed by atoms with van der Waals surface area (Å²) in [6.45, 7) is 1.52. The largest absolute Gasteiger partial charge is 0.356 e. The number of hydrogen-bond donors (Lipinski definition) is 0. The van der Waals surface area contributed by atoms with Gasteiger partial charge in [0.15, 0.2) is 5.78 Å². The van der Waals surface area contributed by atoms with Crippen LogP contribution in [0.2, 0.25) is 0 Å². The number of carbonyl (C=O) groups is 1. The van der Waals surface area contributed by atoms with Gasteiger partial charge in [0, 0.05) is 0 Å². The highest BCUT2D eigenvalue weighted by molar-refractivity contribution is 5.83. The lowest BCUT2D eigenvalue weighted by Crippen LogP contribution is -2.00. The quantitative estimate of drug-likeness (QED) is 0.660. The number of Topliss-reactive ketones (excluding diaryl/α,β-unsaturated/α-hetero) is 1. The fraction of sp³-hybridized carbons (Fsp3) is 0.273. The Bertz CT molecular complexity index is 402. The number of rotatable bonds is 2. The van der Waals surface area contributed by atoms with Crippen LogP contribution >= 0.6 is 0 Å². The van der Waals surface area contributed by atoms with E-state index < -0.39 is 0 Å². The van der Waals surface area contributed by atoms with Crippen LogP contribution in [0.15, 0.2) is 24.3 Å². The van der Waals surface area contributed by atoms with Gasteiger partial charge in [-0.2, -0.15) is 5.26 Å². The molecule has 0 N–H and O–H groups in total. The van der Waals surface area contributed by atoms with Crippen molar-refractivity contribution in [1.29, 1.82) is 5.26 Å². The molecule has 1 heterocycles. The van der Waals surface area contributed by atoms with Gasteiger partial charge in [-0.1, -0.05) is 12.1 Å². The molecule has 1 fully saturated rings. The molecule has 1 aromatic rings. The third-order valence-corrected chi connectivity index (χ3v) is 2.26. The predicted molar refractivity (Wildman–Crippen MR) is 49.5 cm³/mol. The van der Waals surface area contributed by atoms with Gasteiger partial charge in [0.25, 0.3) is 0 Å². The molecule has 2 rings (SSSR count). The molecule has 0 amide bonds. The zero-order valence-corrected chi connectivity index (χ0v) is 7.73. The molecular formula is C11H9NO2. The minimum Gasteiger partial charge on any atom is -0.356 e. The number of carbonyl (C=O) groups excluding carboxylic acids is 1. The van der Waals surface area contributed by atoms with Gasteiger partial charge in [-0.3, -0.25) is 4.79 Å². The molecule has 1 aromatic carbocycles. The zero-order valence-electron chi connectivity index (χ0n) is 7.73. The van der Waals surface area contributed by atoms with Gasteiger partial charge in [0.05, 0.1) is 11.6 Å². The average Bonchev–Trinajstić information content (AvgIpc) is 2.97. The Morgan fingerprint density at radius 3 is 2.50 bits per heavy atom. The van der Waals surface area contributed by atoms with Crippen LogP contribution in [-0.4, -0.2) is 11.9 Å². The summed E-state index contributed by atoms with van der Waals surface area (Å²) in [6, 6.07) is 9.15. The van der Waals surface area contributed by atoms with Crippen LogP contribution in [0.25, 0.3) is 0 Å². The number of nitrogens with zero attached hydrogens (tertiary/aromatic N) is 1. The molecule has 0 spiro atoms. The summed E-state index contributed by atoms with van der Waals surface area (Å²) in [5.74, 6) is 0.0550. The maximum absolute atomic E-state index is 10.9. The second kappa shape index (κ2) is 3.24. The van der Waals surface area contributed by atoms with Crippen molar-refractivity contribution in [2.75, 3.05) is 0 Å². The lowest BCUT2D eigenvalue weighted by atomic mass is 10.1. The number of ether oxygens (including phenoxy) is 1. The fourth-order valence-corrected chi connectivity index (χ4v) is 1.42. The van der Waals surface area contributed by atoms with Crippen LogP contribution in [0, 0.1) is 11.3 Å². The third-order valence-electron chi connectivity index (χ3n) is 2.26. The third kappa shape index (κ3) is 1.52. The molecular weight excluding hydrogens is 178 g/mol. The summed E-state index contributed by atoms with van der Waals surface area (Å²) in [7, 11) is 0. The normalized spacial score (nSPS) is 24.0. The first-order valence-electron chi connectivity index (χ1n) is 4.38. The number of benzene rings is 1. The summed E-state index contributed by atoms with van der Waals surface area (Å²) >= 11 is 0. The zero-order chi connectivity index (χ0) is 10.1. The Morgan fingerprint density at radius 1 is 1.43 bits per heavy atom. The Balaban J connectivity index is 2.13. The van der Waals surface area contributed by atoms with Gasteiger partial charge < -0.3 is 4.74 Å². The van der Waals surface area contributed by atoms with Crippen molar-refractivity contribution in [3.8, 4) is 6.07 Å². The van der Waals surface area contributed by atoms with E-state index in [1.807, 2.05) is 18.2 Å². The second-order valence-corrected chi connectivity index (χ2v) is 3.32. The Morgan fingerprint density at radius 2 is 2.07 bits per heavy atom. The molecule has 0 bridgehead atoms. The Kier molecular flexibility index (Phi) is 2.06. The molecule has 14 heavy (non-hydrogen) atoms. The van der Waals surface area contributed by atoms with Crippen LogP contribution in [0.1, 0.15) is 24.2 Å². The first-order valence-corrected chi connectivity index (χ1v) is 4.38. The van der Waals surface area contributed by atoms with Gasteiger partial charge in [-0.15, -0.1) is 0 Å². The average molecular weight is 187 g/mol. The number of epoxide rings is 1. The Labute approximate surface area is 81.9 Å². The molecule has 70 valence electrons. The van der Waals surface area contributed by atoms with Crippen LogP contribution in [-0.2, 0) is 9.53 Å². The first-order chi connectivity index (χ1) is 6.72. The van der Waals surface area contributed by atoms with Crippen molar-refractivity contribution in [1.82, 2.24) is 0 Å². The molecule has 0 aliphatic carbocycles. The Hall–Kier alpha value is -1.66. The van der Waals surface area contributed by atoms with E-state index in [2.05, 4.69) is 0 Å². The molecule has 1 aliphatic rings. The SMILES string of the molecule is CC(=O)[C@@H]1O[C@H]1c1ccc(C#N)cc1. The topological polar surface area (TPSA) is 53.4 Å². The first kappa shape index (κ1) is 8.92. The van der Waals surface area contributed by atoms with Crippen molar-refractivity contribution in [2.45, 2.75) is 19.1 Å². The number of hydrogen-bond acceptors (Lipinski definition) is 3. The van der Waals surface area contributed by atoms with Gasteiger partial charge in [-0.05, 0) is 24.6 Å². The summed E-state index contributed by atoms with van der Waals surface area (Å²) < 4.78 is 5.21. The minimum absolute atomic E-state index is 0.0550. The van der Waals surface area contributed by atoms with Crippen molar-refractivity contribution in [3.63, 3.8) is 0 Å². The lowest BCUT2D eigenvalue weighted by Gasteiger charge is -1.94. The highest BCUT2D eigenvalue weighted by Gasteiger charge is 2.43. The van der Waals surface area contributed by atoms with Crippen molar-refractivity contribution < 1.29 is 9.53 Å². The van der Waals surface area contributed by atoms with Crippen molar-refractivity contribution in [2.24, 2.45) is 0 Å².